The van der Waals surface area contributed by atoms with Crippen LogP contribution in [0.4, 0.5) is 8.78 Å². The average Bonchev–Trinajstić information content (AvgIpc) is 3.56. The van der Waals surface area contributed by atoms with Gasteiger partial charge in [-0.1, -0.05) is 31.0 Å². The highest BCUT2D eigenvalue weighted by molar-refractivity contribution is 5.99. The number of hydrogen-bond donors (Lipinski definition) is 1. The number of benzene rings is 1. The van der Waals surface area contributed by atoms with Gasteiger partial charge in [0.25, 0.3) is 5.91 Å². The summed E-state index contributed by atoms with van der Waals surface area (Å²) in [5.41, 5.74) is 2.37. The third kappa shape index (κ3) is 4.49. The maximum atomic E-state index is 13.3. The zero-order chi connectivity index (χ0) is 23.7. The fourth-order valence-electron chi connectivity index (χ4n) is 5.45. The van der Waals surface area contributed by atoms with Crippen LogP contribution in [-0.2, 0) is 17.8 Å². The lowest BCUT2D eigenvalue weighted by Crippen LogP contribution is -2.39. The van der Waals surface area contributed by atoms with Gasteiger partial charge >= 0.3 is 6.61 Å². The third-order valence-corrected chi connectivity index (χ3v) is 7.30. The Morgan fingerprint density at radius 3 is 2.74 bits per heavy atom. The molecule has 1 amide bonds. The van der Waals surface area contributed by atoms with Gasteiger partial charge in [-0.05, 0) is 36.8 Å². The van der Waals surface area contributed by atoms with Crippen molar-refractivity contribution in [1.82, 2.24) is 19.7 Å². The maximum absolute atomic E-state index is 13.3. The number of Topliss-reactive ketones (excluding diaryl/α,β-unsaturated/α-hetero) is 1. The van der Waals surface area contributed by atoms with Crippen molar-refractivity contribution in [3.05, 3.63) is 53.5 Å². The molecular weight excluding hydrogens is 442 g/mol. The lowest BCUT2D eigenvalue weighted by atomic mass is 9.77. The van der Waals surface area contributed by atoms with Gasteiger partial charge in [-0.25, -0.2) is 0 Å². The first-order valence-electron chi connectivity index (χ1n) is 11.8. The molecule has 1 aliphatic carbocycles. The van der Waals surface area contributed by atoms with E-state index in [0.29, 0.717) is 37.3 Å². The molecule has 0 atom stereocenters. The van der Waals surface area contributed by atoms with Gasteiger partial charge in [-0.3, -0.25) is 14.3 Å². The predicted molar refractivity (Wildman–Crippen MR) is 122 cm³/mol. The van der Waals surface area contributed by atoms with Crippen LogP contribution >= 0.6 is 0 Å². The van der Waals surface area contributed by atoms with Gasteiger partial charge in [-0.15, -0.1) is 0 Å². The molecule has 1 N–H and O–H groups in total. The second-order valence-corrected chi connectivity index (χ2v) is 9.41. The van der Waals surface area contributed by atoms with E-state index < -0.39 is 6.61 Å². The molecule has 3 aromatic rings. The van der Waals surface area contributed by atoms with E-state index in [0.717, 1.165) is 42.3 Å². The second kappa shape index (κ2) is 9.29. The number of alkyl halides is 2. The quantitative estimate of drug-likeness (QED) is 0.481. The molecule has 0 radical (unpaired) electrons. The summed E-state index contributed by atoms with van der Waals surface area (Å²) >= 11 is 0. The molecule has 1 saturated carbocycles. The lowest BCUT2D eigenvalue weighted by Gasteiger charge is -2.30. The zero-order valence-corrected chi connectivity index (χ0v) is 18.9. The molecule has 9 heteroatoms. The smallest absolute Gasteiger partial charge is 0.345 e. The summed E-state index contributed by atoms with van der Waals surface area (Å²) in [6.07, 6.45) is 5.96. The Morgan fingerprint density at radius 2 is 1.97 bits per heavy atom. The average molecular weight is 471 g/mol. The summed E-state index contributed by atoms with van der Waals surface area (Å²) in [4.78, 5) is 31.5. The Bertz CT molecular complexity index is 1160. The van der Waals surface area contributed by atoms with Crippen molar-refractivity contribution in [2.75, 3.05) is 13.2 Å². The van der Waals surface area contributed by atoms with E-state index in [1.54, 1.807) is 15.8 Å². The number of hydrogen-bond acceptors (Lipinski definition) is 4. The molecule has 180 valence electrons. The number of para-hydroxylation sites is 1. The van der Waals surface area contributed by atoms with E-state index in [4.69, 9.17) is 0 Å². The first-order chi connectivity index (χ1) is 16.4. The van der Waals surface area contributed by atoms with Crippen molar-refractivity contribution >= 4 is 22.6 Å². The molecule has 3 heterocycles. The van der Waals surface area contributed by atoms with Crippen LogP contribution in [-0.4, -0.2) is 51.1 Å². The highest BCUT2D eigenvalue weighted by Crippen LogP contribution is 2.45. The van der Waals surface area contributed by atoms with E-state index >= 15 is 0 Å². The molecule has 2 aliphatic rings. The largest absolute Gasteiger partial charge is 0.351 e. The van der Waals surface area contributed by atoms with Gasteiger partial charge in [0.2, 0.25) is 0 Å². The SMILES string of the molecule is O=C(CC1(CCOC(F)F)CCCC1)c1cnn2c1CN(C(=O)c1cc3ccccc3[nH]1)CC2. The van der Waals surface area contributed by atoms with Crippen LogP contribution in [0.15, 0.2) is 36.5 Å². The number of fused-ring (bicyclic) bond motifs is 2. The van der Waals surface area contributed by atoms with Crippen LogP contribution in [0.5, 0.6) is 0 Å². The number of ketones is 1. The number of ether oxygens (including phenoxy) is 1. The van der Waals surface area contributed by atoms with Gasteiger partial charge in [0, 0.05) is 23.9 Å². The molecule has 34 heavy (non-hydrogen) atoms. The molecule has 1 aliphatic heterocycles. The van der Waals surface area contributed by atoms with Crippen LogP contribution in [0.2, 0.25) is 0 Å². The van der Waals surface area contributed by atoms with E-state index in [-0.39, 0.29) is 30.1 Å². The number of halogens is 2. The summed E-state index contributed by atoms with van der Waals surface area (Å²) in [5.74, 6) is -0.154. The van der Waals surface area contributed by atoms with E-state index in [2.05, 4.69) is 14.8 Å². The summed E-state index contributed by atoms with van der Waals surface area (Å²) in [5, 5.41) is 5.36. The minimum absolute atomic E-state index is 0.0416. The van der Waals surface area contributed by atoms with Crippen molar-refractivity contribution < 1.29 is 23.1 Å². The van der Waals surface area contributed by atoms with Crippen LogP contribution in [0.3, 0.4) is 0 Å². The van der Waals surface area contributed by atoms with E-state index in [1.165, 1.54) is 0 Å². The van der Waals surface area contributed by atoms with Crippen LogP contribution in [0.25, 0.3) is 10.9 Å². The number of nitrogens with zero attached hydrogens (tertiary/aromatic N) is 3. The Morgan fingerprint density at radius 1 is 1.18 bits per heavy atom. The molecule has 0 unspecified atom stereocenters. The predicted octanol–water partition coefficient (Wildman–Crippen LogP) is 4.78. The number of rotatable bonds is 8. The van der Waals surface area contributed by atoms with Gasteiger partial charge in [0.1, 0.15) is 5.69 Å². The maximum Gasteiger partial charge on any atom is 0.345 e. The topological polar surface area (TPSA) is 80.2 Å². The molecule has 1 aromatic carbocycles. The zero-order valence-electron chi connectivity index (χ0n) is 18.9. The van der Waals surface area contributed by atoms with E-state index in [9.17, 15) is 18.4 Å². The Kier molecular flexibility index (Phi) is 6.20. The Hall–Kier alpha value is -3.07. The monoisotopic (exact) mass is 470 g/mol. The first kappa shape index (κ1) is 22.7. The molecular formula is C25H28F2N4O3. The second-order valence-electron chi connectivity index (χ2n) is 9.41. The molecule has 0 saturated heterocycles. The van der Waals surface area contributed by atoms with Crippen LogP contribution in [0.1, 0.15) is 65.1 Å². The molecule has 2 aromatic heterocycles. The highest BCUT2D eigenvalue weighted by Gasteiger charge is 2.37. The van der Waals surface area contributed by atoms with Crippen molar-refractivity contribution in [2.24, 2.45) is 5.41 Å². The summed E-state index contributed by atoms with van der Waals surface area (Å²) in [6, 6.07) is 9.58. The normalized spacial score (nSPS) is 17.4. The van der Waals surface area contributed by atoms with Gasteiger partial charge in [-0.2, -0.15) is 13.9 Å². The molecule has 5 rings (SSSR count). The first-order valence-corrected chi connectivity index (χ1v) is 11.8. The highest BCUT2D eigenvalue weighted by atomic mass is 19.3. The van der Waals surface area contributed by atoms with Crippen molar-refractivity contribution in [3.8, 4) is 0 Å². The summed E-state index contributed by atoms with van der Waals surface area (Å²) < 4.78 is 31.2. The number of amides is 1. The summed E-state index contributed by atoms with van der Waals surface area (Å²) in [6.45, 7) is -1.52. The number of aromatic amines is 1. The van der Waals surface area contributed by atoms with Gasteiger partial charge in [0.05, 0.1) is 37.2 Å². The molecule has 0 bridgehead atoms. The lowest BCUT2D eigenvalue weighted by molar-refractivity contribution is -0.134. The Labute approximate surface area is 196 Å². The fourth-order valence-corrected chi connectivity index (χ4v) is 5.45. The Balaban J connectivity index is 1.31. The number of nitrogens with one attached hydrogen (secondary N) is 1. The van der Waals surface area contributed by atoms with Crippen molar-refractivity contribution in [3.63, 3.8) is 0 Å². The molecule has 1 fully saturated rings. The number of aromatic nitrogens is 3. The minimum Gasteiger partial charge on any atom is -0.351 e. The van der Waals surface area contributed by atoms with E-state index in [1.807, 2.05) is 30.3 Å². The molecule has 7 nitrogen and oxygen atoms in total. The standard InChI is InChI=1S/C25H28F2N4O3/c26-24(27)34-12-9-25(7-3-4-8-25)14-22(32)18-15-28-31-11-10-30(16-21(18)31)23(33)20-13-17-5-1-2-6-19(17)29-20/h1-2,5-6,13,15,24,29H,3-4,7-12,14,16H2. The minimum atomic E-state index is -2.79. The van der Waals surface area contributed by atoms with Crippen molar-refractivity contribution in [1.29, 1.82) is 0 Å². The fraction of sp³-hybridized carbons (Fsp3) is 0.480. The number of H-pyrrole nitrogens is 1. The third-order valence-electron chi connectivity index (χ3n) is 7.30. The molecule has 0 spiro atoms. The number of carbonyl (C=O) groups excluding carboxylic acids is 2. The van der Waals surface area contributed by atoms with Crippen LogP contribution < -0.4 is 0 Å². The van der Waals surface area contributed by atoms with Gasteiger partial charge in [0.15, 0.2) is 5.78 Å². The number of carbonyl (C=O) groups is 2. The summed E-state index contributed by atoms with van der Waals surface area (Å²) in [7, 11) is 0. The van der Waals surface area contributed by atoms with Crippen molar-refractivity contribution in [2.45, 2.75) is 58.2 Å². The van der Waals surface area contributed by atoms with Crippen LogP contribution in [0, 0.1) is 5.41 Å². The van der Waals surface area contributed by atoms with Gasteiger partial charge < -0.3 is 14.6 Å².